The summed E-state index contributed by atoms with van der Waals surface area (Å²) in [4.78, 5) is 0. The van der Waals surface area contributed by atoms with Crippen molar-refractivity contribution in [1.82, 2.24) is 0 Å². The fourth-order valence-corrected chi connectivity index (χ4v) is 0. The molecular weight excluding hydrogens is 292 g/mol. The Morgan fingerprint density at radius 2 is 0.714 bits per heavy atom. The van der Waals surface area contributed by atoms with E-state index in [0.717, 1.165) is 0 Å². The van der Waals surface area contributed by atoms with Gasteiger partial charge in [-0.15, -0.1) is 0 Å². The second kappa shape index (κ2) is 38.7. The average Bonchev–Trinajstić information content (AvgIpc) is 0. The van der Waals surface area contributed by atoms with Gasteiger partial charge in [0.05, 0.1) is 0 Å². The van der Waals surface area contributed by atoms with Crippen molar-refractivity contribution in [2.45, 2.75) is 0 Å². The van der Waals surface area contributed by atoms with E-state index in [9.17, 15) is 0 Å². The summed E-state index contributed by atoms with van der Waals surface area (Å²) in [5.74, 6) is 0. The van der Waals surface area contributed by atoms with E-state index < -0.39 is 0 Å². The first-order valence-corrected chi connectivity index (χ1v) is 0. The minimum Gasteiger partial charge on any atom is -2.00 e. The maximum atomic E-state index is 0. The Bertz CT molecular complexity index is 24.1. The van der Waals surface area contributed by atoms with E-state index in [2.05, 4.69) is 0 Å². The third-order valence-corrected chi connectivity index (χ3v) is 0. The molecule has 0 aliphatic heterocycles. The second-order valence-electron chi connectivity index (χ2n) is 0. The fourth-order valence-electron chi connectivity index (χ4n) is 0. The van der Waals surface area contributed by atoms with E-state index in [1.807, 2.05) is 0 Å². The van der Waals surface area contributed by atoms with Gasteiger partial charge in [-0.3, -0.25) is 0 Å². The first kappa shape index (κ1) is 49.1. The minimum absolute atomic E-state index is 0. The first-order valence-electron chi connectivity index (χ1n) is 0. The molecule has 0 saturated heterocycles. The molecule has 0 fully saturated rings. The van der Waals surface area contributed by atoms with Gasteiger partial charge in [0, 0.05) is 33.0 Å². The van der Waals surface area contributed by atoms with Crippen molar-refractivity contribution in [2.75, 3.05) is 0 Å². The molecule has 0 atom stereocenters. The van der Waals surface area contributed by atoms with Crippen molar-refractivity contribution in [2.24, 2.45) is 0 Å². The van der Waals surface area contributed by atoms with Gasteiger partial charge in [0.2, 0.25) is 0 Å². The molecule has 36 valence electrons. The van der Waals surface area contributed by atoms with Gasteiger partial charge >= 0.3 is 178 Å². The van der Waals surface area contributed by atoms with Crippen LogP contribution >= 0.6 is 0 Å². The summed E-state index contributed by atoms with van der Waals surface area (Å²) >= 11 is 0. The molecule has 7 heteroatoms. The van der Waals surface area contributed by atoms with Crippen molar-refractivity contribution in [3.8, 4) is 0 Å². The zero-order valence-electron chi connectivity index (χ0n) is 8.45. The van der Waals surface area contributed by atoms with E-state index in [1.54, 1.807) is 0 Å². The molecule has 0 bridgehead atoms. The van der Waals surface area contributed by atoms with Crippen molar-refractivity contribution < 1.29 is 147 Å². The van der Waals surface area contributed by atoms with Crippen LogP contribution in [0.1, 0.15) is 5.71 Å². The molecule has 0 unspecified atom stereocenters. The summed E-state index contributed by atoms with van der Waals surface area (Å²) in [5, 5.41) is 0. The van der Waals surface area contributed by atoms with Crippen LogP contribution in [0.4, 0.5) is 0 Å². The summed E-state index contributed by atoms with van der Waals surface area (Å²) < 4.78 is 0. The van der Waals surface area contributed by atoms with Gasteiger partial charge in [-0.2, -0.15) is 0 Å². The van der Waals surface area contributed by atoms with Crippen LogP contribution in [0.3, 0.4) is 0 Å². The van der Waals surface area contributed by atoms with E-state index in [0.29, 0.717) is 0 Å². The molecule has 0 spiro atoms. The molecule has 7 heavy (non-hydrogen) atoms. The maximum Gasteiger partial charge on any atom is 2.00 e. The molecule has 0 rings (SSSR count). The van der Waals surface area contributed by atoms with E-state index in [1.165, 1.54) is 0 Å². The van der Waals surface area contributed by atoms with Crippen LogP contribution in [-0.4, -0.2) is 75.5 Å². The van der Waals surface area contributed by atoms with E-state index in [-0.39, 0.29) is 222 Å². The molecule has 0 aliphatic rings. The summed E-state index contributed by atoms with van der Waals surface area (Å²) in [6.45, 7) is 0. The van der Waals surface area contributed by atoms with Crippen molar-refractivity contribution in [3.63, 3.8) is 0 Å². The molecule has 0 aliphatic carbocycles. The van der Waals surface area contributed by atoms with Crippen molar-refractivity contribution in [1.29, 1.82) is 0 Å². The summed E-state index contributed by atoms with van der Waals surface area (Å²) in [5.41, 5.74) is 0. The molecule has 0 radical (unpaired) electrons. The second-order valence-corrected chi connectivity index (χ2v) is 0. The molecule has 0 N–H and O–H groups in total. The zero-order valence-corrected chi connectivity index (χ0v) is 17.1. The third-order valence-electron chi connectivity index (χ3n) is 0. The Morgan fingerprint density at radius 1 is 0.714 bits per heavy atom. The van der Waals surface area contributed by atoms with Crippen LogP contribution in [-0.2, 0) is 38.5 Å². The molecule has 0 saturated carbocycles. The smallest absolute Gasteiger partial charge is 2.00 e. The molecule has 0 aromatic carbocycles. The van der Waals surface area contributed by atoms with Gasteiger partial charge in [-0.05, 0) is 0 Å². The Balaban J connectivity index is 0. The van der Waals surface area contributed by atoms with Crippen molar-refractivity contribution in [3.05, 3.63) is 0 Å². The minimum atomic E-state index is 0. The Labute approximate surface area is 215 Å². The predicted octanol–water partition coefficient (Wildman–Crippen LogP) is -6.43. The molecular formula is H4Ca2K2Ni2O. The van der Waals surface area contributed by atoms with Crippen molar-refractivity contribution >= 4 is 75.5 Å². The van der Waals surface area contributed by atoms with Gasteiger partial charge in [0.15, 0.2) is 0 Å². The summed E-state index contributed by atoms with van der Waals surface area (Å²) in [7, 11) is 0. The Morgan fingerprint density at radius 3 is 0.714 bits per heavy atom. The van der Waals surface area contributed by atoms with Crippen LogP contribution in [0, 0.1) is 0 Å². The molecule has 0 heterocycles. The van der Waals surface area contributed by atoms with E-state index in [4.69, 9.17) is 0 Å². The van der Waals surface area contributed by atoms with Crippen LogP contribution in [0.5, 0.6) is 0 Å². The first-order chi connectivity index (χ1) is 0. The number of hydrogen-bond donors (Lipinski definition) is 0. The predicted molar refractivity (Wildman–Crippen MR) is 16.6 cm³/mol. The number of hydrogen-bond acceptors (Lipinski definition) is 0. The molecule has 0 aromatic heterocycles. The molecule has 0 aromatic rings. The largest absolute Gasteiger partial charge is 2.00 e. The molecule has 0 amide bonds. The fraction of sp³-hybridized carbons (Fsp3) is 0. The van der Waals surface area contributed by atoms with Gasteiger partial charge < -0.3 is 11.2 Å². The summed E-state index contributed by atoms with van der Waals surface area (Å²) in [6.07, 6.45) is 0. The van der Waals surface area contributed by atoms with Gasteiger partial charge in [0.1, 0.15) is 0 Å². The van der Waals surface area contributed by atoms with Crippen LogP contribution in [0.2, 0.25) is 0 Å². The monoisotopic (exact) mass is 294 g/mol. The normalized spacial score (nSPS) is 0. The third kappa shape index (κ3) is 32.3. The van der Waals surface area contributed by atoms with Gasteiger partial charge in [-0.1, -0.05) is 0 Å². The average molecular weight is 296 g/mol. The van der Waals surface area contributed by atoms with E-state index >= 15 is 0 Å². The SMILES string of the molecule is [Ca+2].[Ca+2].[H-].[H-].[H-].[H-].[K+].[K+].[Ni].[Ni].[O-2]. The Kier molecular flexibility index (Phi) is 271. The molecule has 1 nitrogen and oxygen atoms in total. The topological polar surface area (TPSA) is 28.5 Å². The van der Waals surface area contributed by atoms with Crippen LogP contribution in [0.25, 0.3) is 0 Å². The van der Waals surface area contributed by atoms with Gasteiger partial charge in [-0.25, -0.2) is 0 Å². The maximum absolute atomic E-state index is 0. The quantitative estimate of drug-likeness (QED) is 0.398. The number of rotatable bonds is 0. The standard InChI is InChI=1S/2Ca.2K.2Ni.O.4H/q2*+2;2*+1;;;-2;4*-1. The van der Waals surface area contributed by atoms with Gasteiger partial charge in [0.25, 0.3) is 0 Å². The van der Waals surface area contributed by atoms with Crippen LogP contribution < -0.4 is 103 Å². The van der Waals surface area contributed by atoms with Crippen LogP contribution in [0.15, 0.2) is 0 Å². The zero-order chi connectivity index (χ0) is 0. The summed E-state index contributed by atoms with van der Waals surface area (Å²) in [6, 6.07) is 0. The Hall–Kier alpha value is 6.74.